The van der Waals surface area contributed by atoms with Crippen LogP contribution in [0.25, 0.3) is 0 Å². The highest BCUT2D eigenvalue weighted by molar-refractivity contribution is 7.92. The van der Waals surface area contributed by atoms with Crippen molar-refractivity contribution in [2.75, 3.05) is 29.0 Å². The number of carbonyl (C=O) groups excluding carboxylic acids is 2. The van der Waals surface area contributed by atoms with Gasteiger partial charge >= 0.3 is 5.97 Å². The fraction of sp³-hybridized carbons (Fsp3) is 0.364. The molecule has 0 heterocycles. The zero-order chi connectivity index (χ0) is 22.3. The molecule has 7 nitrogen and oxygen atoms in total. The quantitative estimate of drug-likeness (QED) is 0.611. The molecule has 0 saturated heterocycles. The van der Waals surface area contributed by atoms with Crippen LogP contribution >= 0.6 is 0 Å². The molecule has 30 heavy (non-hydrogen) atoms. The van der Waals surface area contributed by atoms with Gasteiger partial charge in [0.15, 0.2) is 0 Å². The molecule has 0 aromatic heterocycles. The van der Waals surface area contributed by atoms with E-state index in [9.17, 15) is 18.0 Å². The predicted molar refractivity (Wildman–Crippen MR) is 118 cm³/mol. The maximum Gasteiger partial charge on any atom is 0.338 e. The zero-order valence-electron chi connectivity index (χ0n) is 17.8. The Kier molecular flexibility index (Phi) is 8.00. The van der Waals surface area contributed by atoms with Crippen LogP contribution in [0.1, 0.15) is 41.3 Å². The molecule has 2 rings (SSSR count). The molecular weight excluding hydrogens is 404 g/mol. The summed E-state index contributed by atoms with van der Waals surface area (Å²) in [6.07, 6.45) is 1.65. The van der Waals surface area contributed by atoms with Crippen molar-refractivity contribution in [2.24, 2.45) is 0 Å². The smallest absolute Gasteiger partial charge is 0.338 e. The van der Waals surface area contributed by atoms with Crippen molar-refractivity contribution in [3.8, 4) is 0 Å². The van der Waals surface area contributed by atoms with Crippen LogP contribution in [-0.4, -0.2) is 39.7 Å². The summed E-state index contributed by atoms with van der Waals surface area (Å²) in [5.74, 6) is -0.713. The molecule has 0 unspecified atom stereocenters. The van der Waals surface area contributed by atoms with Crippen LogP contribution in [-0.2, 0) is 19.6 Å². The topological polar surface area (TPSA) is 92.8 Å². The third-order valence-corrected chi connectivity index (χ3v) is 5.80. The van der Waals surface area contributed by atoms with Crippen LogP contribution in [0.2, 0.25) is 0 Å². The normalized spacial score (nSPS) is 11.1. The van der Waals surface area contributed by atoms with Crippen molar-refractivity contribution in [2.45, 2.75) is 33.6 Å². The van der Waals surface area contributed by atoms with Gasteiger partial charge in [-0.25, -0.2) is 13.2 Å². The van der Waals surface area contributed by atoms with Gasteiger partial charge in [0.2, 0.25) is 15.9 Å². The second-order valence-electron chi connectivity index (χ2n) is 7.06. The van der Waals surface area contributed by atoms with E-state index in [1.54, 1.807) is 37.3 Å². The van der Waals surface area contributed by atoms with Crippen LogP contribution < -0.4 is 9.62 Å². The number of ether oxygens (including phenoxy) is 1. The summed E-state index contributed by atoms with van der Waals surface area (Å²) >= 11 is 0. The Hall–Kier alpha value is -2.87. The van der Waals surface area contributed by atoms with Crippen molar-refractivity contribution >= 4 is 33.3 Å². The molecule has 2 aromatic carbocycles. The Morgan fingerprint density at radius 1 is 1.07 bits per heavy atom. The largest absolute Gasteiger partial charge is 0.462 e. The van der Waals surface area contributed by atoms with Crippen LogP contribution in [0.4, 0.5) is 11.4 Å². The minimum absolute atomic E-state index is 0.139. The van der Waals surface area contributed by atoms with Crippen molar-refractivity contribution in [1.29, 1.82) is 0 Å². The lowest BCUT2D eigenvalue weighted by Gasteiger charge is -2.23. The summed E-state index contributed by atoms with van der Waals surface area (Å²) in [7, 11) is -3.47. The minimum Gasteiger partial charge on any atom is -0.462 e. The molecule has 0 bridgehead atoms. The Morgan fingerprint density at radius 2 is 1.80 bits per heavy atom. The number of hydrogen-bond donors (Lipinski definition) is 1. The van der Waals surface area contributed by atoms with Crippen molar-refractivity contribution in [3.63, 3.8) is 0 Å². The van der Waals surface area contributed by atoms with Gasteiger partial charge in [-0.05, 0) is 68.7 Å². The molecule has 1 N–H and O–H groups in total. The number of sulfonamides is 1. The summed E-state index contributed by atoms with van der Waals surface area (Å²) in [6.45, 7) is 6.08. The molecule has 0 fully saturated rings. The first kappa shape index (κ1) is 23.4. The zero-order valence-corrected chi connectivity index (χ0v) is 18.6. The lowest BCUT2D eigenvalue weighted by atomic mass is 10.1. The second-order valence-corrected chi connectivity index (χ2v) is 8.96. The van der Waals surface area contributed by atoms with Gasteiger partial charge in [-0.3, -0.25) is 9.10 Å². The Balaban J connectivity index is 1.98. The molecule has 2 aromatic rings. The van der Waals surface area contributed by atoms with E-state index in [1.165, 1.54) is 4.31 Å². The second kappa shape index (κ2) is 10.2. The van der Waals surface area contributed by atoms with Gasteiger partial charge in [-0.2, -0.15) is 0 Å². The van der Waals surface area contributed by atoms with Crippen LogP contribution in [0, 0.1) is 13.8 Å². The maximum atomic E-state index is 12.3. The highest BCUT2D eigenvalue weighted by Crippen LogP contribution is 2.22. The molecule has 0 aliphatic rings. The molecular formula is C22H28N2O5S. The fourth-order valence-electron chi connectivity index (χ4n) is 2.91. The number of nitrogens with zero attached hydrogens (tertiary/aromatic N) is 1. The summed E-state index contributed by atoms with van der Waals surface area (Å²) in [5.41, 5.74) is 3.51. The standard InChI is InChI=1S/C22H28N2O5S/c1-5-29-22(26)18-8-6-9-19(15-18)23-21(25)10-7-13-24(30(4,27)28)20-12-11-16(2)17(3)14-20/h6,8-9,11-12,14-15H,5,7,10,13H2,1-4H3,(H,23,25). The van der Waals surface area contributed by atoms with Gasteiger partial charge in [0, 0.05) is 18.7 Å². The van der Waals surface area contributed by atoms with Gasteiger partial charge in [0.25, 0.3) is 0 Å². The SMILES string of the molecule is CCOC(=O)c1cccc(NC(=O)CCCN(c2ccc(C)c(C)c2)S(C)(=O)=O)c1. The van der Waals surface area contributed by atoms with Gasteiger partial charge < -0.3 is 10.1 Å². The first-order valence-electron chi connectivity index (χ1n) is 9.74. The molecule has 0 spiro atoms. The molecule has 0 atom stereocenters. The van der Waals surface area contributed by atoms with E-state index in [-0.39, 0.29) is 25.5 Å². The van der Waals surface area contributed by atoms with Gasteiger partial charge in [-0.15, -0.1) is 0 Å². The third-order valence-electron chi connectivity index (χ3n) is 4.60. The molecule has 1 amide bonds. The van der Waals surface area contributed by atoms with E-state index < -0.39 is 16.0 Å². The van der Waals surface area contributed by atoms with E-state index >= 15 is 0 Å². The maximum absolute atomic E-state index is 12.3. The summed E-state index contributed by atoms with van der Waals surface area (Å²) in [4.78, 5) is 24.1. The Morgan fingerprint density at radius 3 is 2.43 bits per heavy atom. The first-order chi connectivity index (χ1) is 14.1. The van der Waals surface area contributed by atoms with E-state index in [4.69, 9.17) is 4.74 Å². The molecule has 0 aliphatic heterocycles. The number of hydrogen-bond acceptors (Lipinski definition) is 5. The molecule has 8 heteroatoms. The lowest BCUT2D eigenvalue weighted by molar-refractivity contribution is -0.116. The summed E-state index contributed by atoms with van der Waals surface area (Å²) in [6, 6.07) is 12.0. The van der Waals surface area contributed by atoms with Crippen molar-refractivity contribution < 1.29 is 22.7 Å². The lowest BCUT2D eigenvalue weighted by Crippen LogP contribution is -2.31. The molecule has 0 radical (unpaired) electrons. The Labute approximate surface area is 178 Å². The van der Waals surface area contributed by atoms with E-state index in [2.05, 4.69) is 5.32 Å². The van der Waals surface area contributed by atoms with Crippen LogP contribution in [0.15, 0.2) is 42.5 Å². The predicted octanol–water partition coefficient (Wildman–Crippen LogP) is 3.67. The summed E-state index contributed by atoms with van der Waals surface area (Å²) in [5, 5.41) is 2.73. The highest BCUT2D eigenvalue weighted by atomic mass is 32.2. The number of nitrogens with one attached hydrogen (secondary N) is 1. The third kappa shape index (κ3) is 6.59. The van der Waals surface area contributed by atoms with E-state index in [0.29, 0.717) is 23.4 Å². The monoisotopic (exact) mass is 432 g/mol. The highest BCUT2D eigenvalue weighted by Gasteiger charge is 2.18. The fourth-order valence-corrected chi connectivity index (χ4v) is 3.87. The number of rotatable bonds is 9. The minimum atomic E-state index is -3.47. The Bertz CT molecular complexity index is 1020. The summed E-state index contributed by atoms with van der Waals surface area (Å²) < 4.78 is 30.7. The number of esters is 1. The number of benzene rings is 2. The van der Waals surface area contributed by atoms with Crippen molar-refractivity contribution in [3.05, 3.63) is 59.2 Å². The number of anilines is 2. The van der Waals surface area contributed by atoms with Gasteiger partial charge in [0.05, 0.1) is 24.1 Å². The number of aryl methyl sites for hydroxylation is 2. The number of amides is 1. The molecule has 0 aliphatic carbocycles. The van der Waals surface area contributed by atoms with E-state index in [0.717, 1.165) is 17.4 Å². The average Bonchev–Trinajstić information content (AvgIpc) is 2.67. The van der Waals surface area contributed by atoms with Crippen LogP contribution in [0.5, 0.6) is 0 Å². The average molecular weight is 433 g/mol. The van der Waals surface area contributed by atoms with Crippen LogP contribution in [0.3, 0.4) is 0 Å². The molecule has 162 valence electrons. The number of carbonyl (C=O) groups is 2. The van der Waals surface area contributed by atoms with Crippen molar-refractivity contribution in [1.82, 2.24) is 0 Å². The molecule has 0 saturated carbocycles. The van der Waals surface area contributed by atoms with Gasteiger partial charge in [-0.1, -0.05) is 12.1 Å². The van der Waals surface area contributed by atoms with Gasteiger partial charge in [0.1, 0.15) is 0 Å². The first-order valence-corrected chi connectivity index (χ1v) is 11.6. The van der Waals surface area contributed by atoms with E-state index in [1.807, 2.05) is 26.0 Å².